The van der Waals surface area contributed by atoms with E-state index in [0.29, 0.717) is 11.3 Å². The molecule has 0 radical (unpaired) electrons. The molecule has 0 saturated heterocycles. The average molecular weight is 288 g/mol. The van der Waals surface area contributed by atoms with E-state index in [0.717, 1.165) is 12.1 Å². The Bertz CT molecular complexity index is 450. The molecular weight excluding hydrogens is 260 g/mol. The Hall–Kier alpha value is -1.35. The first-order chi connectivity index (χ1) is 10.0. The maximum Gasteiger partial charge on any atom is 0.241 e. The molecule has 116 valence electrons. The van der Waals surface area contributed by atoms with Crippen LogP contribution >= 0.6 is 0 Å². The minimum Gasteiger partial charge on any atom is -0.354 e. The maximum absolute atomic E-state index is 12.3. The summed E-state index contributed by atoms with van der Waals surface area (Å²) in [5, 5.41) is 3.11. The van der Waals surface area contributed by atoms with E-state index in [1.165, 1.54) is 32.1 Å². The molecule has 0 heterocycles. The summed E-state index contributed by atoms with van der Waals surface area (Å²) < 4.78 is 0. The van der Waals surface area contributed by atoms with Crippen LogP contribution in [0.15, 0.2) is 30.3 Å². The van der Waals surface area contributed by atoms with Crippen molar-refractivity contribution in [3.05, 3.63) is 35.9 Å². The fourth-order valence-corrected chi connectivity index (χ4v) is 3.64. The van der Waals surface area contributed by atoms with Gasteiger partial charge in [0, 0.05) is 6.54 Å². The van der Waals surface area contributed by atoms with Crippen molar-refractivity contribution in [3.8, 4) is 0 Å². The fourth-order valence-electron chi connectivity index (χ4n) is 3.64. The number of rotatable bonds is 6. The largest absolute Gasteiger partial charge is 0.354 e. The minimum atomic E-state index is -0.566. The summed E-state index contributed by atoms with van der Waals surface area (Å²) >= 11 is 0. The predicted octanol–water partition coefficient (Wildman–Crippen LogP) is 3.41. The first kappa shape index (κ1) is 16.0. The molecule has 1 atom stereocenters. The highest BCUT2D eigenvalue weighted by atomic mass is 16.2. The molecule has 0 spiro atoms. The van der Waals surface area contributed by atoms with E-state index in [4.69, 9.17) is 5.73 Å². The molecule has 3 nitrogen and oxygen atoms in total. The van der Waals surface area contributed by atoms with Gasteiger partial charge < -0.3 is 11.1 Å². The van der Waals surface area contributed by atoms with Crippen LogP contribution in [0.1, 0.15) is 57.6 Å². The molecule has 2 rings (SSSR count). The van der Waals surface area contributed by atoms with Gasteiger partial charge in [-0.05, 0) is 36.2 Å². The van der Waals surface area contributed by atoms with Gasteiger partial charge in [0.25, 0.3) is 0 Å². The number of benzene rings is 1. The van der Waals surface area contributed by atoms with Crippen molar-refractivity contribution < 1.29 is 4.79 Å². The number of carbonyl (C=O) groups excluding carboxylic acids is 1. The fraction of sp³-hybridized carbons (Fsp3) is 0.611. The molecule has 0 aliphatic heterocycles. The van der Waals surface area contributed by atoms with E-state index >= 15 is 0 Å². The monoisotopic (exact) mass is 288 g/mol. The Balaban J connectivity index is 1.93. The summed E-state index contributed by atoms with van der Waals surface area (Å²) in [4.78, 5) is 12.3. The van der Waals surface area contributed by atoms with Crippen LogP contribution in [-0.2, 0) is 4.79 Å². The van der Waals surface area contributed by atoms with Crippen molar-refractivity contribution in [2.45, 2.75) is 52.0 Å². The molecule has 1 fully saturated rings. The highest BCUT2D eigenvalue weighted by molar-refractivity contribution is 5.82. The van der Waals surface area contributed by atoms with Crippen molar-refractivity contribution in [2.24, 2.45) is 17.1 Å². The van der Waals surface area contributed by atoms with Crippen molar-refractivity contribution >= 4 is 5.91 Å². The van der Waals surface area contributed by atoms with Crippen LogP contribution < -0.4 is 11.1 Å². The van der Waals surface area contributed by atoms with Crippen LogP contribution in [0.2, 0.25) is 0 Å². The third-order valence-corrected chi connectivity index (χ3v) is 4.58. The lowest BCUT2D eigenvalue weighted by molar-refractivity contribution is -0.123. The quantitative estimate of drug-likeness (QED) is 0.843. The number of amides is 1. The van der Waals surface area contributed by atoms with Crippen molar-refractivity contribution in [3.63, 3.8) is 0 Å². The van der Waals surface area contributed by atoms with Crippen LogP contribution in [0.25, 0.3) is 0 Å². The highest BCUT2D eigenvalue weighted by Gasteiger charge is 2.35. The minimum absolute atomic E-state index is 0.0590. The second-order valence-corrected chi connectivity index (χ2v) is 6.91. The SMILES string of the molecule is CC(C)CC1(CNC(=O)[C@H](N)c2ccccc2)CCCC1. The Labute approximate surface area is 128 Å². The highest BCUT2D eigenvalue weighted by Crippen LogP contribution is 2.42. The summed E-state index contributed by atoms with van der Waals surface area (Å²) in [7, 11) is 0. The summed E-state index contributed by atoms with van der Waals surface area (Å²) in [6.07, 6.45) is 6.21. The van der Waals surface area contributed by atoms with E-state index in [1.807, 2.05) is 30.3 Å². The Kier molecular flexibility index (Phi) is 5.40. The molecule has 1 aliphatic carbocycles. The zero-order valence-corrected chi connectivity index (χ0v) is 13.3. The molecule has 1 saturated carbocycles. The smallest absolute Gasteiger partial charge is 0.241 e. The number of nitrogens with one attached hydrogen (secondary N) is 1. The van der Waals surface area contributed by atoms with Crippen LogP contribution in [0.5, 0.6) is 0 Å². The van der Waals surface area contributed by atoms with E-state index < -0.39 is 6.04 Å². The Morgan fingerprint density at radius 2 is 1.86 bits per heavy atom. The van der Waals surface area contributed by atoms with Crippen molar-refractivity contribution in [1.29, 1.82) is 0 Å². The van der Waals surface area contributed by atoms with Gasteiger partial charge in [-0.1, -0.05) is 57.0 Å². The van der Waals surface area contributed by atoms with Gasteiger partial charge in [0.05, 0.1) is 0 Å². The standard InChI is InChI=1S/C18H28N2O/c1-14(2)12-18(10-6-7-11-18)13-20-17(21)16(19)15-8-4-3-5-9-15/h3-5,8-9,14,16H,6-7,10-13,19H2,1-2H3,(H,20,21)/t16-/m1/s1. The van der Waals surface area contributed by atoms with Crippen molar-refractivity contribution in [2.75, 3.05) is 6.54 Å². The van der Waals surface area contributed by atoms with Crippen LogP contribution in [0.4, 0.5) is 0 Å². The second kappa shape index (κ2) is 7.08. The van der Waals surface area contributed by atoms with E-state index in [-0.39, 0.29) is 5.91 Å². The van der Waals surface area contributed by atoms with Gasteiger partial charge in [0.2, 0.25) is 5.91 Å². The summed E-state index contributed by atoms with van der Waals surface area (Å²) in [6, 6.07) is 9.01. The topological polar surface area (TPSA) is 55.1 Å². The number of carbonyl (C=O) groups is 1. The zero-order chi connectivity index (χ0) is 15.3. The summed E-state index contributed by atoms with van der Waals surface area (Å²) in [6.45, 7) is 5.29. The van der Waals surface area contributed by atoms with Gasteiger partial charge in [0.1, 0.15) is 6.04 Å². The molecule has 1 aliphatic rings. The molecule has 0 bridgehead atoms. The molecule has 3 N–H and O–H groups in total. The third-order valence-electron chi connectivity index (χ3n) is 4.58. The Morgan fingerprint density at radius 1 is 1.24 bits per heavy atom. The van der Waals surface area contributed by atoms with E-state index in [9.17, 15) is 4.79 Å². The first-order valence-electron chi connectivity index (χ1n) is 8.11. The lowest BCUT2D eigenvalue weighted by atomic mass is 9.78. The molecule has 1 amide bonds. The molecule has 3 heteroatoms. The van der Waals surface area contributed by atoms with Gasteiger partial charge in [-0.25, -0.2) is 0 Å². The number of hydrogen-bond donors (Lipinski definition) is 2. The third kappa shape index (κ3) is 4.31. The van der Waals surface area contributed by atoms with Crippen LogP contribution in [0.3, 0.4) is 0 Å². The molecule has 0 unspecified atom stereocenters. The molecule has 1 aromatic carbocycles. The number of hydrogen-bond acceptors (Lipinski definition) is 2. The lowest BCUT2D eigenvalue weighted by Crippen LogP contribution is -2.41. The molecule has 1 aromatic rings. The lowest BCUT2D eigenvalue weighted by Gasteiger charge is -2.31. The van der Waals surface area contributed by atoms with Gasteiger partial charge in [-0.2, -0.15) is 0 Å². The normalized spacial score (nSPS) is 18.7. The van der Waals surface area contributed by atoms with Gasteiger partial charge in [0.15, 0.2) is 0 Å². The Morgan fingerprint density at radius 3 is 2.43 bits per heavy atom. The predicted molar refractivity (Wildman–Crippen MR) is 86.7 cm³/mol. The van der Waals surface area contributed by atoms with E-state index in [2.05, 4.69) is 19.2 Å². The maximum atomic E-state index is 12.3. The molecule has 0 aromatic heterocycles. The van der Waals surface area contributed by atoms with Crippen molar-refractivity contribution in [1.82, 2.24) is 5.32 Å². The first-order valence-corrected chi connectivity index (χ1v) is 8.11. The second-order valence-electron chi connectivity index (χ2n) is 6.91. The zero-order valence-electron chi connectivity index (χ0n) is 13.3. The van der Waals surface area contributed by atoms with Gasteiger partial charge in [-0.15, -0.1) is 0 Å². The average Bonchev–Trinajstić information content (AvgIpc) is 2.93. The van der Waals surface area contributed by atoms with Gasteiger partial charge in [-0.3, -0.25) is 4.79 Å². The number of nitrogens with two attached hydrogens (primary N) is 1. The summed E-state index contributed by atoms with van der Waals surface area (Å²) in [5.74, 6) is 0.610. The van der Waals surface area contributed by atoms with E-state index in [1.54, 1.807) is 0 Å². The van der Waals surface area contributed by atoms with Crippen LogP contribution in [0, 0.1) is 11.3 Å². The van der Waals surface area contributed by atoms with Crippen LogP contribution in [-0.4, -0.2) is 12.5 Å². The summed E-state index contributed by atoms with van der Waals surface area (Å²) in [5.41, 5.74) is 7.22. The molecular formula is C18H28N2O. The van der Waals surface area contributed by atoms with Gasteiger partial charge >= 0.3 is 0 Å². The molecule has 21 heavy (non-hydrogen) atoms.